The minimum absolute atomic E-state index is 0.270. The van der Waals surface area contributed by atoms with Gasteiger partial charge in [-0.05, 0) is 18.4 Å². The zero-order chi connectivity index (χ0) is 16.7. The van der Waals surface area contributed by atoms with Gasteiger partial charge in [0.1, 0.15) is 5.75 Å². The summed E-state index contributed by atoms with van der Waals surface area (Å²) in [5, 5.41) is 3.59. The Bertz CT molecular complexity index is 542. The lowest BCUT2D eigenvalue weighted by molar-refractivity contribution is -0.132. The maximum atomic E-state index is 11.8. The largest absolute Gasteiger partial charge is 0.496 e. The highest BCUT2D eigenvalue weighted by Gasteiger charge is 2.27. The van der Waals surface area contributed by atoms with Crippen molar-refractivity contribution in [2.45, 2.75) is 32.7 Å². The van der Waals surface area contributed by atoms with Crippen LogP contribution in [0, 0.1) is 5.92 Å². The molecule has 1 aromatic carbocycles. The van der Waals surface area contributed by atoms with Crippen LogP contribution in [0.2, 0.25) is 0 Å². The Morgan fingerprint density at radius 2 is 2.22 bits per heavy atom. The summed E-state index contributed by atoms with van der Waals surface area (Å²) >= 11 is 0. The number of carbonyl (C=O) groups is 1. The standard InChI is InChI=1S/C19H28N2O2/c1-4-19(22)21-13-11-17(15(2)14-21)20-12-7-9-16-8-5-6-10-18(16)23-3/h5-10,15,17,20H,4,11-14H2,1-3H3/b9-7+. The molecule has 1 saturated heterocycles. The van der Waals surface area contributed by atoms with Crippen LogP contribution in [0.3, 0.4) is 0 Å². The molecular formula is C19H28N2O2. The Labute approximate surface area is 139 Å². The van der Waals surface area contributed by atoms with Gasteiger partial charge in [-0.25, -0.2) is 0 Å². The summed E-state index contributed by atoms with van der Waals surface area (Å²) in [6, 6.07) is 8.47. The van der Waals surface area contributed by atoms with Gasteiger partial charge in [-0.3, -0.25) is 4.79 Å². The summed E-state index contributed by atoms with van der Waals surface area (Å²) in [5.74, 6) is 1.65. The molecule has 0 radical (unpaired) electrons. The van der Waals surface area contributed by atoms with E-state index in [-0.39, 0.29) is 5.91 Å². The maximum Gasteiger partial charge on any atom is 0.222 e. The molecule has 1 amide bonds. The summed E-state index contributed by atoms with van der Waals surface area (Å²) in [7, 11) is 1.69. The fraction of sp³-hybridized carbons (Fsp3) is 0.526. The number of amides is 1. The van der Waals surface area contributed by atoms with Crippen molar-refractivity contribution in [3.8, 4) is 5.75 Å². The Morgan fingerprint density at radius 1 is 1.43 bits per heavy atom. The predicted molar refractivity (Wildman–Crippen MR) is 94.5 cm³/mol. The highest BCUT2D eigenvalue weighted by molar-refractivity contribution is 5.75. The van der Waals surface area contributed by atoms with E-state index in [1.54, 1.807) is 7.11 Å². The number of para-hydroxylation sites is 1. The van der Waals surface area contributed by atoms with Crippen LogP contribution in [0.4, 0.5) is 0 Å². The van der Waals surface area contributed by atoms with Crippen molar-refractivity contribution in [1.29, 1.82) is 0 Å². The summed E-state index contributed by atoms with van der Waals surface area (Å²) in [6.07, 6.45) is 5.85. The van der Waals surface area contributed by atoms with E-state index in [0.717, 1.165) is 37.4 Å². The van der Waals surface area contributed by atoms with Crippen LogP contribution in [0.5, 0.6) is 5.75 Å². The Morgan fingerprint density at radius 3 is 2.91 bits per heavy atom. The molecule has 4 heteroatoms. The van der Waals surface area contributed by atoms with Crippen molar-refractivity contribution < 1.29 is 9.53 Å². The van der Waals surface area contributed by atoms with Gasteiger partial charge in [0.25, 0.3) is 0 Å². The molecule has 2 atom stereocenters. The van der Waals surface area contributed by atoms with Crippen molar-refractivity contribution >= 4 is 12.0 Å². The number of likely N-dealkylation sites (tertiary alicyclic amines) is 1. The number of methoxy groups -OCH3 is 1. The third-order valence-corrected chi connectivity index (χ3v) is 4.49. The van der Waals surface area contributed by atoms with Crippen LogP contribution in [0.15, 0.2) is 30.3 Å². The van der Waals surface area contributed by atoms with E-state index >= 15 is 0 Å². The fourth-order valence-electron chi connectivity index (χ4n) is 3.11. The van der Waals surface area contributed by atoms with E-state index in [1.807, 2.05) is 36.1 Å². The number of nitrogens with zero attached hydrogens (tertiary/aromatic N) is 1. The first-order valence-corrected chi connectivity index (χ1v) is 8.46. The fourth-order valence-corrected chi connectivity index (χ4v) is 3.11. The zero-order valence-electron chi connectivity index (χ0n) is 14.4. The first kappa shape index (κ1) is 17.5. The molecular weight excluding hydrogens is 288 g/mol. The molecule has 1 aliphatic rings. The Hall–Kier alpha value is -1.81. The average molecular weight is 316 g/mol. The van der Waals surface area contributed by atoms with Crippen LogP contribution in [0.1, 0.15) is 32.3 Å². The van der Waals surface area contributed by atoms with Gasteiger partial charge in [0, 0.05) is 37.7 Å². The van der Waals surface area contributed by atoms with E-state index in [2.05, 4.69) is 24.4 Å². The quantitative estimate of drug-likeness (QED) is 0.877. The van der Waals surface area contributed by atoms with Crippen molar-refractivity contribution in [2.75, 3.05) is 26.7 Å². The predicted octanol–water partition coefficient (Wildman–Crippen LogP) is 2.95. The Kier molecular flexibility index (Phi) is 6.66. The summed E-state index contributed by atoms with van der Waals surface area (Å²) < 4.78 is 5.35. The average Bonchev–Trinajstić information content (AvgIpc) is 2.59. The van der Waals surface area contributed by atoms with Crippen LogP contribution in [-0.4, -0.2) is 43.6 Å². The number of ether oxygens (including phenoxy) is 1. The minimum Gasteiger partial charge on any atom is -0.496 e. The smallest absolute Gasteiger partial charge is 0.222 e. The van der Waals surface area contributed by atoms with Gasteiger partial charge in [0.05, 0.1) is 7.11 Å². The second-order valence-corrected chi connectivity index (χ2v) is 6.12. The molecule has 1 aromatic rings. The van der Waals surface area contributed by atoms with Gasteiger partial charge in [0.2, 0.25) is 5.91 Å². The van der Waals surface area contributed by atoms with Gasteiger partial charge < -0.3 is 15.0 Å². The molecule has 1 aliphatic heterocycles. The molecule has 0 spiro atoms. The Balaban J connectivity index is 1.80. The number of carbonyl (C=O) groups excluding carboxylic acids is 1. The zero-order valence-corrected chi connectivity index (χ0v) is 14.4. The molecule has 0 bridgehead atoms. The molecule has 0 saturated carbocycles. The maximum absolute atomic E-state index is 11.8. The van der Waals surface area contributed by atoms with Gasteiger partial charge in [-0.15, -0.1) is 0 Å². The van der Waals surface area contributed by atoms with E-state index in [1.165, 1.54) is 0 Å². The van der Waals surface area contributed by atoms with Gasteiger partial charge >= 0.3 is 0 Å². The number of benzene rings is 1. The van der Waals surface area contributed by atoms with Crippen molar-refractivity contribution in [3.05, 3.63) is 35.9 Å². The van der Waals surface area contributed by atoms with E-state index in [9.17, 15) is 4.79 Å². The molecule has 4 nitrogen and oxygen atoms in total. The molecule has 23 heavy (non-hydrogen) atoms. The first-order valence-electron chi connectivity index (χ1n) is 8.46. The monoisotopic (exact) mass is 316 g/mol. The highest BCUT2D eigenvalue weighted by Crippen LogP contribution is 2.19. The highest BCUT2D eigenvalue weighted by atomic mass is 16.5. The topological polar surface area (TPSA) is 41.6 Å². The molecule has 1 N–H and O–H groups in total. The normalized spacial score (nSPS) is 21.6. The lowest BCUT2D eigenvalue weighted by Gasteiger charge is -2.37. The molecule has 2 rings (SSSR count). The molecule has 2 unspecified atom stereocenters. The second kappa shape index (κ2) is 8.73. The van der Waals surface area contributed by atoms with Crippen LogP contribution in [0.25, 0.3) is 6.08 Å². The molecule has 1 fully saturated rings. The second-order valence-electron chi connectivity index (χ2n) is 6.12. The third-order valence-electron chi connectivity index (χ3n) is 4.49. The van der Waals surface area contributed by atoms with E-state index in [4.69, 9.17) is 4.74 Å². The van der Waals surface area contributed by atoms with Crippen LogP contribution in [-0.2, 0) is 4.79 Å². The third kappa shape index (κ3) is 4.83. The van der Waals surface area contributed by atoms with Gasteiger partial charge in [0.15, 0.2) is 0 Å². The lowest BCUT2D eigenvalue weighted by atomic mass is 9.93. The van der Waals surface area contributed by atoms with E-state index < -0.39 is 0 Å². The molecule has 0 aromatic heterocycles. The molecule has 0 aliphatic carbocycles. The summed E-state index contributed by atoms with van der Waals surface area (Å²) in [6.45, 7) is 6.71. The number of hydrogen-bond acceptors (Lipinski definition) is 3. The number of rotatable bonds is 6. The number of nitrogens with one attached hydrogen (secondary N) is 1. The molecule has 1 heterocycles. The number of hydrogen-bond donors (Lipinski definition) is 1. The summed E-state index contributed by atoms with van der Waals surface area (Å²) in [4.78, 5) is 13.8. The SMILES string of the molecule is CCC(=O)N1CCC(NC/C=C/c2ccccc2OC)C(C)C1. The summed E-state index contributed by atoms with van der Waals surface area (Å²) in [5.41, 5.74) is 1.09. The van der Waals surface area contributed by atoms with Crippen LogP contribution < -0.4 is 10.1 Å². The van der Waals surface area contributed by atoms with E-state index in [0.29, 0.717) is 18.4 Å². The first-order chi connectivity index (χ1) is 11.2. The van der Waals surface area contributed by atoms with Gasteiger partial charge in [-0.1, -0.05) is 44.2 Å². The van der Waals surface area contributed by atoms with Gasteiger partial charge in [-0.2, -0.15) is 0 Å². The van der Waals surface area contributed by atoms with Crippen molar-refractivity contribution in [3.63, 3.8) is 0 Å². The number of piperidine rings is 1. The van der Waals surface area contributed by atoms with Crippen molar-refractivity contribution in [2.24, 2.45) is 5.92 Å². The molecule has 126 valence electrons. The lowest BCUT2D eigenvalue weighted by Crippen LogP contribution is -2.50. The van der Waals surface area contributed by atoms with Crippen molar-refractivity contribution in [1.82, 2.24) is 10.2 Å². The van der Waals surface area contributed by atoms with Crippen LogP contribution >= 0.6 is 0 Å². The minimum atomic E-state index is 0.270.